The molecule has 170 valence electrons. The molecule has 0 radical (unpaired) electrons. The standard InChI is InChI=1S/C23H18ClF3N4O2/c1-3-28-17-10-16(9-4-13(17)2)33-22(32)19-12-21-29-18(14-5-7-15(24)8-6-14)11-20(23(25,26)27)31(21)30-19/h4-12,28H,3H2,1-2H3. The molecule has 0 aliphatic heterocycles. The highest BCUT2D eigenvalue weighted by atomic mass is 35.5. The van der Waals surface area contributed by atoms with E-state index in [0.717, 1.165) is 23.4 Å². The Morgan fingerprint density at radius 2 is 1.85 bits per heavy atom. The van der Waals surface area contributed by atoms with Gasteiger partial charge in [-0.15, -0.1) is 0 Å². The van der Waals surface area contributed by atoms with Gasteiger partial charge in [-0.05, 0) is 43.7 Å². The zero-order valence-corrected chi connectivity index (χ0v) is 18.3. The highest BCUT2D eigenvalue weighted by Gasteiger charge is 2.35. The third kappa shape index (κ3) is 4.78. The molecule has 6 nitrogen and oxygen atoms in total. The molecule has 4 rings (SSSR count). The van der Waals surface area contributed by atoms with Gasteiger partial charge >= 0.3 is 12.1 Å². The second-order valence-electron chi connectivity index (χ2n) is 7.23. The fourth-order valence-corrected chi connectivity index (χ4v) is 3.38. The third-order valence-corrected chi connectivity index (χ3v) is 5.11. The molecule has 0 saturated carbocycles. The predicted octanol–water partition coefficient (Wildman–Crippen LogP) is 6.03. The molecule has 0 bridgehead atoms. The summed E-state index contributed by atoms with van der Waals surface area (Å²) in [5.41, 5.74) is 0.741. The molecule has 0 unspecified atom stereocenters. The number of rotatable bonds is 5. The highest BCUT2D eigenvalue weighted by Crippen LogP contribution is 2.33. The molecule has 1 N–H and O–H groups in total. The van der Waals surface area contributed by atoms with Gasteiger partial charge in [0, 0.05) is 35.0 Å². The van der Waals surface area contributed by atoms with E-state index in [4.69, 9.17) is 16.3 Å². The van der Waals surface area contributed by atoms with Crippen LogP contribution < -0.4 is 10.1 Å². The maximum absolute atomic E-state index is 13.8. The SMILES string of the molecule is CCNc1cc(OC(=O)c2cc3nc(-c4ccc(Cl)cc4)cc(C(F)(F)F)n3n2)ccc1C. The van der Waals surface area contributed by atoms with Crippen LogP contribution in [0.2, 0.25) is 5.02 Å². The molecular formula is C23H18ClF3N4O2. The van der Waals surface area contributed by atoms with Gasteiger partial charge in [0.2, 0.25) is 0 Å². The summed E-state index contributed by atoms with van der Waals surface area (Å²) < 4.78 is 47.2. The Kier molecular flexibility index (Phi) is 5.99. The molecular weight excluding hydrogens is 457 g/mol. The Labute approximate surface area is 192 Å². The van der Waals surface area contributed by atoms with Crippen molar-refractivity contribution < 1.29 is 22.7 Å². The van der Waals surface area contributed by atoms with E-state index in [2.05, 4.69) is 15.4 Å². The van der Waals surface area contributed by atoms with Crippen molar-refractivity contribution in [3.05, 3.63) is 76.6 Å². The number of alkyl halides is 3. The van der Waals surface area contributed by atoms with Crippen molar-refractivity contribution in [2.24, 2.45) is 0 Å². The number of anilines is 1. The van der Waals surface area contributed by atoms with Gasteiger partial charge in [-0.3, -0.25) is 0 Å². The summed E-state index contributed by atoms with van der Waals surface area (Å²) >= 11 is 5.87. The number of nitrogens with zero attached hydrogens (tertiary/aromatic N) is 3. The van der Waals surface area contributed by atoms with Gasteiger partial charge in [0.1, 0.15) is 5.75 Å². The van der Waals surface area contributed by atoms with Crippen molar-refractivity contribution in [1.29, 1.82) is 0 Å². The van der Waals surface area contributed by atoms with E-state index in [-0.39, 0.29) is 22.8 Å². The van der Waals surface area contributed by atoms with Crippen molar-refractivity contribution in [1.82, 2.24) is 14.6 Å². The largest absolute Gasteiger partial charge is 0.433 e. The molecule has 0 aliphatic rings. The van der Waals surface area contributed by atoms with Crippen LogP contribution >= 0.6 is 11.6 Å². The average molecular weight is 475 g/mol. The number of hydrogen-bond donors (Lipinski definition) is 1. The molecule has 0 aliphatic carbocycles. The number of ether oxygens (including phenoxy) is 1. The Balaban J connectivity index is 1.73. The summed E-state index contributed by atoms with van der Waals surface area (Å²) in [4.78, 5) is 16.9. The highest BCUT2D eigenvalue weighted by molar-refractivity contribution is 6.30. The lowest BCUT2D eigenvalue weighted by atomic mass is 10.1. The summed E-state index contributed by atoms with van der Waals surface area (Å²) in [6, 6.07) is 13.3. The zero-order valence-electron chi connectivity index (χ0n) is 17.6. The summed E-state index contributed by atoms with van der Waals surface area (Å²) in [7, 11) is 0. The van der Waals surface area contributed by atoms with Crippen LogP contribution in [0.5, 0.6) is 5.75 Å². The van der Waals surface area contributed by atoms with E-state index in [0.29, 0.717) is 21.6 Å². The smallest absolute Gasteiger partial charge is 0.422 e. The van der Waals surface area contributed by atoms with Gasteiger partial charge in [-0.2, -0.15) is 18.3 Å². The van der Waals surface area contributed by atoms with Gasteiger partial charge < -0.3 is 10.1 Å². The number of benzene rings is 2. The molecule has 0 spiro atoms. The average Bonchev–Trinajstić information content (AvgIpc) is 3.20. The van der Waals surface area contributed by atoms with E-state index in [1.54, 1.807) is 42.5 Å². The van der Waals surface area contributed by atoms with E-state index in [1.807, 2.05) is 13.8 Å². The van der Waals surface area contributed by atoms with Gasteiger partial charge in [0.25, 0.3) is 0 Å². The number of fused-ring (bicyclic) bond motifs is 1. The molecule has 33 heavy (non-hydrogen) atoms. The number of carbonyl (C=O) groups is 1. The Morgan fingerprint density at radius 3 is 2.52 bits per heavy atom. The predicted molar refractivity (Wildman–Crippen MR) is 119 cm³/mol. The van der Waals surface area contributed by atoms with E-state index < -0.39 is 17.8 Å². The number of halogens is 4. The second-order valence-corrected chi connectivity index (χ2v) is 7.66. The molecule has 0 saturated heterocycles. The Morgan fingerprint density at radius 1 is 1.12 bits per heavy atom. The van der Waals surface area contributed by atoms with Gasteiger partial charge in [0.05, 0.1) is 5.69 Å². The number of aromatic nitrogens is 3. The van der Waals surface area contributed by atoms with Crippen molar-refractivity contribution >= 4 is 28.9 Å². The maximum atomic E-state index is 13.8. The summed E-state index contributed by atoms with van der Waals surface area (Å²) in [6.45, 7) is 4.50. The topological polar surface area (TPSA) is 68.5 Å². The van der Waals surface area contributed by atoms with Crippen molar-refractivity contribution in [2.75, 3.05) is 11.9 Å². The second kappa shape index (κ2) is 8.74. The lowest BCUT2D eigenvalue weighted by molar-refractivity contribution is -0.142. The maximum Gasteiger partial charge on any atom is 0.433 e. The summed E-state index contributed by atoms with van der Waals surface area (Å²) in [5, 5.41) is 7.41. The fraction of sp³-hybridized carbons (Fsp3) is 0.174. The summed E-state index contributed by atoms with van der Waals surface area (Å²) in [6.07, 6.45) is -4.73. The molecule has 2 aromatic heterocycles. The van der Waals surface area contributed by atoms with Crippen molar-refractivity contribution in [3.8, 4) is 17.0 Å². The molecule has 10 heteroatoms. The van der Waals surface area contributed by atoms with E-state index >= 15 is 0 Å². The minimum Gasteiger partial charge on any atom is -0.422 e. The van der Waals surface area contributed by atoms with Crippen LogP contribution in [0.1, 0.15) is 28.7 Å². The molecule has 2 aromatic carbocycles. The first kappa shape index (κ1) is 22.6. The van der Waals surface area contributed by atoms with Crippen LogP contribution in [0.3, 0.4) is 0 Å². The molecule has 0 amide bonds. The molecule has 0 atom stereocenters. The first-order valence-electron chi connectivity index (χ1n) is 9.96. The molecule has 0 fully saturated rings. The first-order chi connectivity index (χ1) is 15.7. The number of esters is 1. The molecule has 4 aromatic rings. The van der Waals surface area contributed by atoms with Crippen LogP contribution in [0.15, 0.2) is 54.6 Å². The van der Waals surface area contributed by atoms with Gasteiger partial charge in [-0.25, -0.2) is 14.3 Å². The Bertz CT molecular complexity index is 1330. The van der Waals surface area contributed by atoms with Crippen LogP contribution in [-0.2, 0) is 6.18 Å². The number of aryl methyl sites for hydroxylation is 1. The monoisotopic (exact) mass is 474 g/mol. The first-order valence-corrected chi connectivity index (χ1v) is 10.3. The van der Waals surface area contributed by atoms with Crippen LogP contribution in [0.25, 0.3) is 16.9 Å². The minimum atomic E-state index is -4.73. The van der Waals surface area contributed by atoms with E-state index in [9.17, 15) is 18.0 Å². The minimum absolute atomic E-state index is 0.0696. The van der Waals surface area contributed by atoms with Crippen LogP contribution in [-0.4, -0.2) is 27.1 Å². The number of hydrogen-bond acceptors (Lipinski definition) is 5. The number of carbonyl (C=O) groups excluding carboxylic acids is 1. The van der Waals surface area contributed by atoms with E-state index in [1.165, 1.54) is 0 Å². The lowest BCUT2D eigenvalue weighted by Gasteiger charge is -2.11. The molecule has 2 heterocycles. The zero-order chi connectivity index (χ0) is 23.8. The lowest BCUT2D eigenvalue weighted by Crippen LogP contribution is -2.15. The summed E-state index contributed by atoms with van der Waals surface area (Å²) in [5.74, 6) is -0.655. The van der Waals surface area contributed by atoms with Crippen LogP contribution in [0.4, 0.5) is 18.9 Å². The van der Waals surface area contributed by atoms with Crippen LogP contribution in [0, 0.1) is 6.92 Å². The quantitative estimate of drug-likeness (QED) is 0.282. The third-order valence-electron chi connectivity index (χ3n) is 4.85. The number of nitrogens with one attached hydrogen (secondary N) is 1. The fourth-order valence-electron chi connectivity index (χ4n) is 3.25. The van der Waals surface area contributed by atoms with Gasteiger partial charge in [0.15, 0.2) is 17.0 Å². The Hall–Kier alpha value is -3.59. The van der Waals surface area contributed by atoms with Crippen molar-refractivity contribution in [3.63, 3.8) is 0 Å². The van der Waals surface area contributed by atoms with Gasteiger partial charge in [-0.1, -0.05) is 29.8 Å². The normalized spacial score (nSPS) is 11.6. The van der Waals surface area contributed by atoms with Crippen molar-refractivity contribution in [2.45, 2.75) is 20.0 Å².